The van der Waals surface area contributed by atoms with E-state index in [0.29, 0.717) is 5.56 Å². The number of hydrogen-bond donors (Lipinski definition) is 2. The number of anilines is 1. The van der Waals surface area contributed by atoms with Gasteiger partial charge in [0.2, 0.25) is 0 Å². The van der Waals surface area contributed by atoms with E-state index in [1.807, 2.05) is 11.4 Å². The second-order valence-electron chi connectivity index (χ2n) is 4.86. The maximum Gasteiger partial charge on any atom is 0.336 e. The Morgan fingerprint density at radius 2 is 2.09 bits per heavy atom. The number of nitrogens with one attached hydrogen (secondary N) is 1. The van der Waals surface area contributed by atoms with Crippen LogP contribution in [0.3, 0.4) is 0 Å². The molecule has 8 heteroatoms. The summed E-state index contributed by atoms with van der Waals surface area (Å²) in [6.07, 6.45) is 1.29. The normalized spacial score (nSPS) is 11.5. The predicted octanol–water partition coefficient (Wildman–Crippen LogP) is 3.10. The van der Waals surface area contributed by atoms with Crippen molar-refractivity contribution >= 4 is 43.2 Å². The zero-order valence-corrected chi connectivity index (χ0v) is 13.6. The summed E-state index contributed by atoms with van der Waals surface area (Å²) in [6.45, 7) is 1.56. The number of carboxylic acids is 1. The second kappa shape index (κ2) is 5.64. The van der Waals surface area contributed by atoms with Gasteiger partial charge in [0.1, 0.15) is 4.90 Å². The van der Waals surface area contributed by atoms with Gasteiger partial charge in [-0.05, 0) is 42.1 Å². The Kier molecular flexibility index (Phi) is 3.78. The number of pyridine rings is 1. The van der Waals surface area contributed by atoms with E-state index in [1.165, 1.54) is 35.7 Å². The molecular formula is C15H12N2O4S2. The van der Waals surface area contributed by atoms with E-state index < -0.39 is 16.0 Å². The highest BCUT2D eigenvalue weighted by atomic mass is 32.2. The van der Waals surface area contributed by atoms with Crippen LogP contribution >= 0.6 is 11.3 Å². The zero-order chi connectivity index (χ0) is 16.6. The van der Waals surface area contributed by atoms with E-state index in [4.69, 9.17) is 5.11 Å². The molecule has 0 bridgehead atoms. The third-order valence-corrected chi connectivity index (χ3v) is 5.58. The number of hydrogen-bond acceptors (Lipinski definition) is 5. The lowest BCUT2D eigenvalue weighted by atomic mass is 10.1. The highest BCUT2D eigenvalue weighted by Gasteiger charge is 2.18. The van der Waals surface area contributed by atoms with Crippen LogP contribution in [0.2, 0.25) is 0 Å². The number of carboxylic acid groups (broad SMARTS) is 1. The average molecular weight is 348 g/mol. The Morgan fingerprint density at radius 1 is 1.30 bits per heavy atom. The van der Waals surface area contributed by atoms with Gasteiger partial charge < -0.3 is 5.11 Å². The summed E-state index contributed by atoms with van der Waals surface area (Å²) in [5, 5.41) is 10.9. The van der Waals surface area contributed by atoms with Crippen molar-refractivity contribution in [3.63, 3.8) is 0 Å². The molecule has 118 valence electrons. The van der Waals surface area contributed by atoms with Crippen LogP contribution in [0.25, 0.3) is 10.2 Å². The molecule has 0 spiro atoms. The van der Waals surface area contributed by atoms with Crippen molar-refractivity contribution in [2.75, 3.05) is 4.72 Å². The van der Waals surface area contributed by atoms with E-state index in [0.717, 1.165) is 10.2 Å². The van der Waals surface area contributed by atoms with Crippen LogP contribution < -0.4 is 4.72 Å². The molecule has 2 aromatic heterocycles. The van der Waals surface area contributed by atoms with Crippen LogP contribution in [0.15, 0.2) is 46.8 Å². The minimum atomic E-state index is -3.85. The van der Waals surface area contributed by atoms with Crippen molar-refractivity contribution in [3.8, 4) is 0 Å². The van der Waals surface area contributed by atoms with E-state index in [-0.39, 0.29) is 16.1 Å². The molecule has 23 heavy (non-hydrogen) atoms. The topological polar surface area (TPSA) is 96.4 Å². The Hall–Kier alpha value is -2.45. The summed E-state index contributed by atoms with van der Waals surface area (Å²) in [7, 11) is -3.85. The molecule has 0 unspecified atom stereocenters. The molecule has 2 heterocycles. The first-order valence-corrected chi connectivity index (χ1v) is 8.94. The molecule has 6 nitrogen and oxygen atoms in total. The monoisotopic (exact) mass is 348 g/mol. The number of rotatable bonds is 4. The SMILES string of the molecule is Cc1c(NS(=O)(=O)c2cnc3ccsc3c2)cccc1C(=O)O. The molecule has 0 aliphatic heterocycles. The lowest BCUT2D eigenvalue weighted by Gasteiger charge is -2.12. The molecule has 0 aliphatic rings. The highest BCUT2D eigenvalue weighted by molar-refractivity contribution is 7.92. The minimum Gasteiger partial charge on any atom is -0.478 e. The standard InChI is InChI=1S/C15H12N2O4S2/c1-9-11(15(18)19)3-2-4-12(9)17-23(20,21)10-7-14-13(16-8-10)5-6-22-14/h2-8,17H,1H3,(H,18,19). The lowest BCUT2D eigenvalue weighted by Crippen LogP contribution is -2.15. The third kappa shape index (κ3) is 2.90. The number of benzene rings is 1. The Labute approximate surface area is 136 Å². The predicted molar refractivity (Wildman–Crippen MR) is 88.6 cm³/mol. The molecule has 0 saturated carbocycles. The number of aromatic nitrogens is 1. The molecule has 0 amide bonds. The largest absolute Gasteiger partial charge is 0.478 e. The van der Waals surface area contributed by atoms with E-state index in [1.54, 1.807) is 13.0 Å². The molecule has 1 aromatic carbocycles. The molecule has 3 rings (SSSR count). The summed E-state index contributed by atoms with van der Waals surface area (Å²) in [6, 6.07) is 7.80. The maximum absolute atomic E-state index is 12.5. The van der Waals surface area contributed by atoms with Crippen LogP contribution in [0.1, 0.15) is 15.9 Å². The molecule has 0 saturated heterocycles. The Morgan fingerprint density at radius 3 is 2.83 bits per heavy atom. The second-order valence-corrected chi connectivity index (χ2v) is 7.49. The van der Waals surface area contributed by atoms with Gasteiger partial charge in [0.25, 0.3) is 10.0 Å². The van der Waals surface area contributed by atoms with Crippen LogP contribution in [0, 0.1) is 6.92 Å². The summed E-state index contributed by atoms with van der Waals surface area (Å²) in [5.41, 5.74) is 1.37. The Balaban J connectivity index is 2.01. The molecule has 0 fully saturated rings. The first-order valence-electron chi connectivity index (χ1n) is 6.57. The van der Waals surface area contributed by atoms with Crippen molar-refractivity contribution in [1.82, 2.24) is 4.98 Å². The summed E-state index contributed by atoms with van der Waals surface area (Å²) >= 11 is 1.40. The fourth-order valence-corrected chi connectivity index (χ4v) is 4.10. The maximum atomic E-state index is 12.5. The van der Waals surface area contributed by atoms with Crippen molar-refractivity contribution in [1.29, 1.82) is 0 Å². The quantitative estimate of drug-likeness (QED) is 0.755. The first kappa shape index (κ1) is 15.4. The van der Waals surface area contributed by atoms with Crippen LogP contribution in [0.5, 0.6) is 0 Å². The van der Waals surface area contributed by atoms with Crippen LogP contribution in [-0.4, -0.2) is 24.5 Å². The number of nitrogens with zero attached hydrogens (tertiary/aromatic N) is 1. The number of aromatic carboxylic acids is 1. The molecule has 0 aliphatic carbocycles. The van der Waals surface area contributed by atoms with Crippen molar-refractivity contribution < 1.29 is 18.3 Å². The van der Waals surface area contributed by atoms with Crippen LogP contribution in [-0.2, 0) is 10.0 Å². The van der Waals surface area contributed by atoms with Crippen molar-refractivity contribution in [3.05, 3.63) is 53.0 Å². The molecule has 0 radical (unpaired) electrons. The van der Waals surface area contributed by atoms with Gasteiger partial charge in [0, 0.05) is 6.20 Å². The molecule has 0 atom stereocenters. The van der Waals surface area contributed by atoms with Gasteiger partial charge in [-0.3, -0.25) is 9.71 Å². The molecular weight excluding hydrogens is 336 g/mol. The Bertz CT molecular complexity index is 1010. The number of carbonyl (C=O) groups is 1. The third-order valence-electron chi connectivity index (χ3n) is 3.40. The lowest BCUT2D eigenvalue weighted by molar-refractivity contribution is 0.0696. The summed E-state index contributed by atoms with van der Waals surface area (Å²) in [5.74, 6) is -1.11. The van der Waals surface area contributed by atoms with Gasteiger partial charge in [-0.25, -0.2) is 13.2 Å². The van der Waals surface area contributed by atoms with Gasteiger partial charge in [-0.15, -0.1) is 11.3 Å². The van der Waals surface area contributed by atoms with Gasteiger partial charge in [0.05, 0.1) is 21.5 Å². The van der Waals surface area contributed by atoms with Gasteiger partial charge >= 0.3 is 5.97 Å². The number of thiophene rings is 1. The van der Waals surface area contributed by atoms with E-state index in [2.05, 4.69) is 9.71 Å². The summed E-state index contributed by atoms with van der Waals surface area (Å²) < 4.78 is 28.2. The first-order chi connectivity index (χ1) is 10.9. The smallest absolute Gasteiger partial charge is 0.336 e. The van der Waals surface area contributed by atoms with Gasteiger partial charge in [0.15, 0.2) is 0 Å². The number of sulfonamides is 1. The van der Waals surface area contributed by atoms with Crippen molar-refractivity contribution in [2.24, 2.45) is 0 Å². The average Bonchev–Trinajstić information content (AvgIpc) is 2.96. The van der Waals surface area contributed by atoms with Crippen molar-refractivity contribution in [2.45, 2.75) is 11.8 Å². The minimum absolute atomic E-state index is 0.0348. The fraction of sp³-hybridized carbons (Fsp3) is 0.0667. The van der Waals surface area contributed by atoms with Gasteiger partial charge in [-0.1, -0.05) is 6.07 Å². The zero-order valence-electron chi connectivity index (χ0n) is 12.0. The van der Waals surface area contributed by atoms with E-state index >= 15 is 0 Å². The van der Waals surface area contributed by atoms with E-state index in [9.17, 15) is 13.2 Å². The highest BCUT2D eigenvalue weighted by Crippen LogP contribution is 2.25. The van der Waals surface area contributed by atoms with Gasteiger partial charge in [-0.2, -0.15) is 0 Å². The molecule has 2 N–H and O–H groups in total. The fourth-order valence-electron chi connectivity index (χ4n) is 2.16. The van der Waals surface area contributed by atoms with Crippen LogP contribution in [0.4, 0.5) is 5.69 Å². The summed E-state index contributed by atoms with van der Waals surface area (Å²) in [4.78, 5) is 15.3. The molecule has 3 aromatic rings. The number of fused-ring (bicyclic) bond motifs is 1.